The highest BCUT2D eigenvalue weighted by Crippen LogP contribution is 2.33. The maximum absolute atomic E-state index is 13.9. The van der Waals surface area contributed by atoms with Gasteiger partial charge in [-0.25, -0.2) is 4.79 Å². The molecule has 4 amide bonds. The molecule has 0 aliphatic rings. The predicted octanol–water partition coefficient (Wildman–Crippen LogP) is 3.70. The molecule has 5 N–H and O–H groups in total. The number of nitrogens with two attached hydrogens (primary N) is 1. The fourth-order valence-corrected chi connectivity index (χ4v) is 3.93. The van der Waals surface area contributed by atoms with E-state index in [0.29, 0.717) is 11.3 Å². The summed E-state index contributed by atoms with van der Waals surface area (Å²) >= 11 is 0. The lowest BCUT2D eigenvalue weighted by molar-refractivity contribution is -0.140. The van der Waals surface area contributed by atoms with Crippen LogP contribution in [0.25, 0.3) is 0 Å². The number of primary amides is 1. The van der Waals surface area contributed by atoms with Crippen LogP contribution < -0.4 is 16.4 Å². The van der Waals surface area contributed by atoms with Crippen LogP contribution in [0.5, 0.6) is 5.75 Å². The van der Waals surface area contributed by atoms with Gasteiger partial charge >= 0.3 is 6.09 Å². The first kappa shape index (κ1) is 30.1. The summed E-state index contributed by atoms with van der Waals surface area (Å²) in [6.07, 6.45) is -1.13. The first-order valence-electron chi connectivity index (χ1n) is 12.5. The molecule has 10 heteroatoms. The topological polar surface area (TPSA) is 151 Å². The van der Waals surface area contributed by atoms with Crippen LogP contribution in [-0.4, -0.2) is 52.0 Å². The molecule has 2 atom stereocenters. The van der Waals surface area contributed by atoms with Crippen molar-refractivity contribution in [3.8, 4) is 5.75 Å². The van der Waals surface area contributed by atoms with Gasteiger partial charge in [-0.05, 0) is 65.2 Å². The number of anilines is 1. The Morgan fingerprint density at radius 1 is 1.03 bits per heavy atom. The molecule has 0 aromatic heterocycles. The number of hydrogen-bond acceptors (Lipinski definition) is 6. The molecular formula is C28H38N4O6. The number of phenolic OH excluding ortho intramolecular Hbond substituents is 1. The van der Waals surface area contributed by atoms with Crippen LogP contribution in [0.2, 0.25) is 0 Å². The highest BCUT2D eigenvalue weighted by molar-refractivity contribution is 6.00. The van der Waals surface area contributed by atoms with Crippen LogP contribution in [0.1, 0.15) is 63.3 Å². The summed E-state index contributed by atoms with van der Waals surface area (Å²) < 4.78 is 5.30. The van der Waals surface area contributed by atoms with Gasteiger partial charge in [0.05, 0.1) is 0 Å². The van der Waals surface area contributed by atoms with E-state index in [1.165, 1.54) is 4.90 Å². The number of aromatic hydroxyl groups is 1. The van der Waals surface area contributed by atoms with E-state index in [1.807, 2.05) is 19.1 Å². The van der Waals surface area contributed by atoms with Gasteiger partial charge in [-0.15, -0.1) is 0 Å². The molecule has 0 radical (unpaired) electrons. The van der Waals surface area contributed by atoms with Crippen molar-refractivity contribution in [2.24, 2.45) is 5.73 Å². The smallest absolute Gasteiger partial charge is 0.408 e. The van der Waals surface area contributed by atoms with Crippen LogP contribution in [-0.2, 0) is 19.1 Å². The van der Waals surface area contributed by atoms with Gasteiger partial charge in [0.2, 0.25) is 11.8 Å². The zero-order valence-electron chi connectivity index (χ0n) is 22.8. The van der Waals surface area contributed by atoms with E-state index < -0.39 is 41.5 Å². The number of phenols is 1. The van der Waals surface area contributed by atoms with Gasteiger partial charge in [-0.3, -0.25) is 14.4 Å². The van der Waals surface area contributed by atoms with Crippen LogP contribution in [0, 0.1) is 13.8 Å². The van der Waals surface area contributed by atoms with Gasteiger partial charge in [0.15, 0.2) is 0 Å². The Balaban J connectivity index is 2.52. The largest absolute Gasteiger partial charge is 0.507 e. The quantitative estimate of drug-likeness (QED) is 0.371. The number of aryl methyl sites for hydroxylation is 2. The van der Waals surface area contributed by atoms with Crippen molar-refractivity contribution in [2.75, 3.05) is 11.9 Å². The van der Waals surface area contributed by atoms with Gasteiger partial charge in [0, 0.05) is 24.2 Å². The SMILES string of the molecule is CCN(C(=O)C(CCC(N)=O)NC(=O)OC(C)(C)C)C(C(=O)Nc1ccccc1C)c1cccc(C)c1O. The van der Waals surface area contributed by atoms with Crippen LogP contribution in [0.3, 0.4) is 0 Å². The number of benzene rings is 2. The van der Waals surface area contributed by atoms with Gasteiger partial charge in [-0.2, -0.15) is 0 Å². The molecule has 206 valence electrons. The summed E-state index contributed by atoms with van der Waals surface area (Å²) in [6, 6.07) is 9.66. The molecule has 0 heterocycles. The second-order valence-corrected chi connectivity index (χ2v) is 10.0. The van der Waals surface area contributed by atoms with E-state index in [1.54, 1.807) is 65.0 Å². The van der Waals surface area contributed by atoms with Crippen LogP contribution >= 0.6 is 0 Å². The molecule has 10 nitrogen and oxygen atoms in total. The molecule has 0 aliphatic carbocycles. The average molecular weight is 527 g/mol. The van der Waals surface area contributed by atoms with Crippen LogP contribution in [0.15, 0.2) is 42.5 Å². The molecule has 0 saturated carbocycles. The van der Waals surface area contributed by atoms with Crippen molar-refractivity contribution in [1.29, 1.82) is 0 Å². The van der Waals surface area contributed by atoms with E-state index >= 15 is 0 Å². The third-order valence-electron chi connectivity index (χ3n) is 5.82. The van der Waals surface area contributed by atoms with Crippen LogP contribution in [0.4, 0.5) is 10.5 Å². The summed E-state index contributed by atoms with van der Waals surface area (Å²) in [5.74, 6) is -1.97. The molecule has 0 fully saturated rings. The summed E-state index contributed by atoms with van der Waals surface area (Å²) in [6.45, 7) is 10.3. The van der Waals surface area contributed by atoms with Gasteiger partial charge in [-0.1, -0.05) is 36.4 Å². The number of carbonyl (C=O) groups excluding carboxylic acids is 4. The van der Waals surface area contributed by atoms with Gasteiger partial charge in [0.25, 0.3) is 5.91 Å². The summed E-state index contributed by atoms with van der Waals surface area (Å²) in [7, 11) is 0. The van der Waals surface area contributed by atoms with Crippen molar-refractivity contribution in [3.63, 3.8) is 0 Å². The Kier molecular flexibility index (Phi) is 10.3. The fraction of sp³-hybridized carbons (Fsp3) is 0.429. The van der Waals surface area contributed by atoms with E-state index in [-0.39, 0.29) is 30.7 Å². The maximum Gasteiger partial charge on any atom is 0.408 e. The van der Waals surface area contributed by atoms with Crippen molar-refractivity contribution in [3.05, 3.63) is 59.2 Å². The van der Waals surface area contributed by atoms with E-state index in [2.05, 4.69) is 10.6 Å². The minimum Gasteiger partial charge on any atom is -0.507 e. The van der Waals surface area contributed by atoms with Crippen molar-refractivity contribution < 1.29 is 29.0 Å². The lowest BCUT2D eigenvalue weighted by atomic mass is 9.98. The van der Waals surface area contributed by atoms with Crippen molar-refractivity contribution in [2.45, 2.75) is 72.1 Å². The number of alkyl carbamates (subject to hydrolysis) is 1. The standard InChI is InChI=1S/C28H38N4O6/c1-7-32(26(36)21(15-16-22(29)33)31-27(37)38-28(4,5)6)23(19-13-10-12-18(3)24(19)34)25(35)30-20-14-9-8-11-17(20)2/h8-14,21,23,34H,7,15-16H2,1-6H3,(H2,29,33)(H,30,35)(H,31,37). The second-order valence-electron chi connectivity index (χ2n) is 10.0. The molecule has 0 saturated heterocycles. The first-order valence-corrected chi connectivity index (χ1v) is 12.5. The molecule has 2 aromatic carbocycles. The third kappa shape index (κ3) is 8.22. The van der Waals surface area contributed by atoms with Crippen molar-refractivity contribution in [1.82, 2.24) is 10.2 Å². The van der Waals surface area contributed by atoms with Crippen molar-refractivity contribution >= 4 is 29.5 Å². The van der Waals surface area contributed by atoms with E-state index in [9.17, 15) is 24.3 Å². The number of nitrogens with one attached hydrogen (secondary N) is 2. The number of hydrogen-bond donors (Lipinski definition) is 4. The number of nitrogens with zero attached hydrogens (tertiary/aromatic N) is 1. The lowest BCUT2D eigenvalue weighted by Crippen LogP contribution is -2.52. The Morgan fingerprint density at radius 3 is 2.24 bits per heavy atom. The maximum atomic E-state index is 13.9. The Morgan fingerprint density at radius 2 is 1.66 bits per heavy atom. The molecule has 0 aliphatic heterocycles. The average Bonchev–Trinajstić information content (AvgIpc) is 2.82. The summed E-state index contributed by atoms with van der Waals surface area (Å²) in [4.78, 5) is 52.9. The zero-order chi connectivity index (χ0) is 28.6. The predicted molar refractivity (Wildman–Crippen MR) is 144 cm³/mol. The number of ether oxygens (including phenoxy) is 1. The molecular weight excluding hydrogens is 488 g/mol. The molecule has 2 rings (SSSR count). The first-order chi connectivity index (χ1) is 17.7. The number of amides is 4. The van der Waals surface area contributed by atoms with E-state index in [4.69, 9.17) is 10.5 Å². The normalized spacial score (nSPS) is 12.7. The minimum atomic E-state index is -1.25. The molecule has 0 bridgehead atoms. The molecule has 0 spiro atoms. The Labute approximate surface area is 223 Å². The number of carbonyl (C=O) groups is 4. The fourth-order valence-electron chi connectivity index (χ4n) is 3.93. The Bertz CT molecular complexity index is 1170. The number of rotatable bonds is 10. The monoisotopic (exact) mass is 526 g/mol. The second kappa shape index (κ2) is 12.9. The minimum absolute atomic E-state index is 0.0567. The summed E-state index contributed by atoms with van der Waals surface area (Å²) in [5, 5.41) is 16.3. The Hall–Kier alpha value is -4.08. The highest BCUT2D eigenvalue weighted by atomic mass is 16.6. The molecule has 2 aromatic rings. The van der Waals surface area contributed by atoms with Gasteiger partial charge in [0.1, 0.15) is 23.4 Å². The third-order valence-corrected chi connectivity index (χ3v) is 5.82. The highest BCUT2D eigenvalue weighted by Gasteiger charge is 2.37. The van der Waals surface area contributed by atoms with E-state index in [0.717, 1.165) is 5.56 Å². The lowest BCUT2D eigenvalue weighted by Gasteiger charge is -2.34. The van der Waals surface area contributed by atoms with Gasteiger partial charge < -0.3 is 31.1 Å². The molecule has 2 unspecified atom stereocenters. The number of para-hydroxylation sites is 2. The summed E-state index contributed by atoms with van der Waals surface area (Å²) in [5.41, 5.74) is 6.60. The zero-order valence-corrected chi connectivity index (χ0v) is 22.8. The number of likely N-dealkylation sites (N-methyl/N-ethyl adjacent to an activating group) is 1. The molecule has 38 heavy (non-hydrogen) atoms.